The maximum Gasteiger partial charge on any atom is 0.301 e. The molecule has 1 N–H and O–H groups in total. The van der Waals surface area contributed by atoms with Gasteiger partial charge in [-0.1, -0.05) is 23.5 Å². The molecule has 1 saturated heterocycles. The van der Waals surface area contributed by atoms with Crippen LogP contribution in [0.1, 0.15) is 35.2 Å². The molecule has 0 spiro atoms. The van der Waals surface area contributed by atoms with E-state index in [1.807, 2.05) is 32.9 Å². The van der Waals surface area contributed by atoms with Crippen molar-refractivity contribution < 1.29 is 19.4 Å². The number of hydrogen-bond donors (Lipinski definition) is 1. The third-order valence-corrected chi connectivity index (χ3v) is 6.91. The average molecular weight is 486 g/mol. The molecule has 0 bridgehead atoms. The fraction of sp³-hybridized carbons (Fsp3) is 0.185. The van der Waals surface area contributed by atoms with Crippen molar-refractivity contribution in [1.82, 2.24) is 9.97 Å². The Hall–Kier alpha value is -4.04. The van der Waals surface area contributed by atoms with E-state index in [4.69, 9.17) is 9.72 Å². The minimum Gasteiger partial charge on any atom is -0.507 e. The Bertz CT molecular complexity index is 1480. The van der Waals surface area contributed by atoms with Gasteiger partial charge in [0.05, 0.1) is 28.4 Å². The number of aryl methyl sites for hydroxylation is 2. The van der Waals surface area contributed by atoms with Crippen LogP contribution in [0.5, 0.6) is 5.75 Å². The van der Waals surface area contributed by atoms with Gasteiger partial charge in [-0.3, -0.25) is 19.5 Å². The number of hydrogen-bond acceptors (Lipinski definition) is 7. The van der Waals surface area contributed by atoms with Gasteiger partial charge >= 0.3 is 5.91 Å². The molecular formula is C27H23N3O4S. The van der Waals surface area contributed by atoms with Crippen LogP contribution in [0.2, 0.25) is 0 Å². The van der Waals surface area contributed by atoms with Gasteiger partial charge in [-0.15, -0.1) is 0 Å². The summed E-state index contributed by atoms with van der Waals surface area (Å²) in [6.45, 7) is 6.37. The minimum absolute atomic E-state index is 0.000631. The molecule has 1 amide bonds. The largest absolute Gasteiger partial charge is 0.507 e. The first kappa shape index (κ1) is 22.7. The van der Waals surface area contributed by atoms with Gasteiger partial charge in [-0.05, 0) is 73.9 Å². The third-order valence-electron chi connectivity index (χ3n) is 5.91. The highest BCUT2D eigenvalue weighted by atomic mass is 32.1. The van der Waals surface area contributed by atoms with Crippen LogP contribution in [0.4, 0.5) is 5.13 Å². The van der Waals surface area contributed by atoms with Crippen LogP contribution >= 0.6 is 11.3 Å². The van der Waals surface area contributed by atoms with Crippen LogP contribution in [-0.2, 0) is 9.59 Å². The number of fused-ring (bicyclic) bond motifs is 1. The van der Waals surface area contributed by atoms with Crippen molar-refractivity contribution in [1.29, 1.82) is 0 Å². The number of benzene rings is 2. The normalized spacial score (nSPS) is 17.3. The zero-order valence-electron chi connectivity index (χ0n) is 19.5. The number of amides is 1. The summed E-state index contributed by atoms with van der Waals surface area (Å²) in [5.74, 6) is -1.11. The van der Waals surface area contributed by atoms with Crippen LogP contribution in [0.25, 0.3) is 16.0 Å². The number of ketones is 1. The SMILES string of the molecule is CCOc1ccc(C(O)=C2C(=O)C(=O)N(c3nc4c(C)cc(C)cc4s3)C2c2cccnc2)cc1. The topological polar surface area (TPSA) is 92.6 Å². The number of Topliss-reactive ketones (excluding diaryl/α,β-unsaturated/α-hetero) is 1. The fourth-order valence-electron chi connectivity index (χ4n) is 4.38. The van der Waals surface area contributed by atoms with E-state index in [-0.39, 0.29) is 11.3 Å². The summed E-state index contributed by atoms with van der Waals surface area (Å²) >= 11 is 1.34. The standard InChI is InChI=1S/C27H23N3O4S/c1-4-34-19-9-7-17(8-10-19)24(31)21-23(18-6-5-11-28-14-18)30(26(33)25(21)32)27-29-22-16(3)12-15(2)13-20(22)35-27/h5-14,23,31H,4H2,1-3H3. The minimum atomic E-state index is -0.864. The predicted octanol–water partition coefficient (Wildman–Crippen LogP) is 5.33. The van der Waals surface area contributed by atoms with Crippen LogP contribution in [0, 0.1) is 13.8 Å². The van der Waals surface area contributed by atoms with Gasteiger partial charge in [-0.2, -0.15) is 0 Å². The number of rotatable bonds is 5. The second kappa shape index (κ2) is 8.96. The van der Waals surface area contributed by atoms with E-state index in [1.54, 1.807) is 48.8 Å². The number of carbonyl (C=O) groups excluding carboxylic acids is 2. The number of pyridine rings is 1. The number of aliphatic hydroxyl groups excluding tert-OH is 1. The molecule has 2 aromatic carbocycles. The number of carbonyl (C=O) groups is 2. The van der Waals surface area contributed by atoms with E-state index in [0.717, 1.165) is 21.3 Å². The summed E-state index contributed by atoms with van der Waals surface area (Å²) in [6.07, 6.45) is 3.21. The Morgan fingerprint density at radius 3 is 2.60 bits per heavy atom. The van der Waals surface area contributed by atoms with E-state index < -0.39 is 17.7 Å². The maximum atomic E-state index is 13.4. The molecule has 8 heteroatoms. The molecule has 4 aromatic rings. The molecule has 5 rings (SSSR count). The summed E-state index contributed by atoms with van der Waals surface area (Å²) in [7, 11) is 0. The fourth-order valence-corrected chi connectivity index (χ4v) is 5.54. The second-order valence-corrected chi connectivity index (χ2v) is 9.35. The number of anilines is 1. The Balaban J connectivity index is 1.68. The van der Waals surface area contributed by atoms with Gasteiger partial charge in [0.25, 0.3) is 5.78 Å². The zero-order valence-corrected chi connectivity index (χ0v) is 20.3. The predicted molar refractivity (Wildman–Crippen MR) is 136 cm³/mol. The van der Waals surface area contributed by atoms with E-state index in [2.05, 4.69) is 4.98 Å². The zero-order chi connectivity index (χ0) is 24.7. The molecular weight excluding hydrogens is 462 g/mol. The van der Waals surface area contributed by atoms with Gasteiger partial charge in [0.15, 0.2) is 5.13 Å². The summed E-state index contributed by atoms with van der Waals surface area (Å²) in [5, 5.41) is 11.6. The van der Waals surface area contributed by atoms with Crippen LogP contribution in [0.15, 0.2) is 66.5 Å². The molecule has 2 aromatic heterocycles. The van der Waals surface area contributed by atoms with Crippen LogP contribution < -0.4 is 9.64 Å². The Labute approximate surface area is 206 Å². The second-order valence-electron chi connectivity index (χ2n) is 8.34. The Morgan fingerprint density at radius 1 is 1.14 bits per heavy atom. The first-order chi connectivity index (χ1) is 16.9. The highest BCUT2D eigenvalue weighted by Gasteiger charge is 2.48. The lowest BCUT2D eigenvalue weighted by molar-refractivity contribution is -0.132. The quantitative estimate of drug-likeness (QED) is 0.233. The molecule has 7 nitrogen and oxygen atoms in total. The monoisotopic (exact) mass is 485 g/mol. The Kier molecular flexibility index (Phi) is 5.82. The highest BCUT2D eigenvalue weighted by molar-refractivity contribution is 7.22. The molecule has 176 valence electrons. The van der Waals surface area contributed by atoms with E-state index in [9.17, 15) is 14.7 Å². The van der Waals surface area contributed by atoms with Gasteiger partial charge < -0.3 is 9.84 Å². The first-order valence-electron chi connectivity index (χ1n) is 11.2. The molecule has 35 heavy (non-hydrogen) atoms. The number of aromatic nitrogens is 2. The molecule has 3 heterocycles. The highest BCUT2D eigenvalue weighted by Crippen LogP contribution is 2.44. The van der Waals surface area contributed by atoms with Crippen molar-refractivity contribution in [2.24, 2.45) is 0 Å². The van der Waals surface area contributed by atoms with E-state index in [1.165, 1.54) is 16.2 Å². The average Bonchev–Trinajstić information content (AvgIpc) is 3.38. The molecule has 0 radical (unpaired) electrons. The molecule has 1 aliphatic heterocycles. The van der Waals surface area contributed by atoms with Gasteiger partial charge in [-0.25, -0.2) is 4.98 Å². The summed E-state index contributed by atoms with van der Waals surface area (Å²) in [4.78, 5) is 37.0. The lowest BCUT2D eigenvalue weighted by Gasteiger charge is -2.22. The lowest BCUT2D eigenvalue weighted by atomic mass is 9.96. The summed E-state index contributed by atoms with van der Waals surface area (Å²) in [6, 6.07) is 13.5. The molecule has 1 unspecified atom stereocenters. The van der Waals surface area contributed by atoms with Crippen molar-refractivity contribution in [2.75, 3.05) is 11.5 Å². The number of ether oxygens (including phenoxy) is 1. The molecule has 1 aliphatic rings. The maximum absolute atomic E-state index is 13.4. The molecule has 1 fully saturated rings. The van der Waals surface area contributed by atoms with Crippen molar-refractivity contribution >= 4 is 44.1 Å². The number of thiazole rings is 1. The smallest absolute Gasteiger partial charge is 0.301 e. The molecule has 0 aliphatic carbocycles. The van der Waals surface area contributed by atoms with E-state index >= 15 is 0 Å². The molecule has 1 atom stereocenters. The van der Waals surface area contributed by atoms with Gasteiger partial charge in [0, 0.05) is 18.0 Å². The van der Waals surface area contributed by atoms with Crippen molar-refractivity contribution in [3.8, 4) is 5.75 Å². The summed E-state index contributed by atoms with van der Waals surface area (Å²) in [5.41, 5.74) is 3.88. The third kappa shape index (κ3) is 3.95. The van der Waals surface area contributed by atoms with E-state index in [0.29, 0.717) is 28.6 Å². The summed E-state index contributed by atoms with van der Waals surface area (Å²) < 4.78 is 6.40. The van der Waals surface area contributed by atoms with Gasteiger partial charge in [0.2, 0.25) is 0 Å². The van der Waals surface area contributed by atoms with Crippen molar-refractivity contribution in [2.45, 2.75) is 26.8 Å². The molecule has 0 saturated carbocycles. The number of aliphatic hydroxyl groups is 1. The first-order valence-corrected chi connectivity index (χ1v) is 12.0. The van der Waals surface area contributed by atoms with Crippen LogP contribution in [0.3, 0.4) is 0 Å². The number of nitrogens with zero attached hydrogens (tertiary/aromatic N) is 3. The Morgan fingerprint density at radius 2 is 1.91 bits per heavy atom. The van der Waals surface area contributed by atoms with Gasteiger partial charge in [0.1, 0.15) is 11.5 Å². The van der Waals surface area contributed by atoms with Crippen LogP contribution in [-0.4, -0.2) is 33.4 Å². The van der Waals surface area contributed by atoms with Crippen molar-refractivity contribution in [3.05, 3.63) is 88.8 Å². The van der Waals surface area contributed by atoms with Crippen molar-refractivity contribution in [3.63, 3.8) is 0 Å². The lowest BCUT2D eigenvalue weighted by Crippen LogP contribution is -2.29.